The highest BCUT2D eigenvalue weighted by Crippen LogP contribution is 1.95. The zero-order valence-corrected chi connectivity index (χ0v) is 8.77. The van der Waals surface area contributed by atoms with E-state index >= 15 is 0 Å². The maximum atomic E-state index is 8.44. The molecule has 0 aromatic rings. The van der Waals surface area contributed by atoms with Crippen LogP contribution in [0.4, 0.5) is 4.79 Å². The van der Waals surface area contributed by atoms with Crippen molar-refractivity contribution in [2.24, 2.45) is 0 Å². The number of hydrogen-bond acceptors (Lipinski definition) is 3. The van der Waals surface area contributed by atoms with Crippen LogP contribution < -0.4 is 5.11 Å². The number of rotatable bonds is 3. The third kappa shape index (κ3) is 7.39. The summed E-state index contributed by atoms with van der Waals surface area (Å²) in [5, 5.41) is 15.3. The molecular weight excluding hydrogens is 184 g/mol. The summed E-state index contributed by atoms with van der Waals surface area (Å²) in [6.45, 7) is 5.89. The maximum absolute atomic E-state index is 8.44. The molecule has 1 N–H and O–H groups in total. The largest absolute Gasteiger partial charge is 0.565 e. The first-order valence-corrected chi connectivity index (χ1v) is 4.75. The monoisotopic (exact) mass is 202 g/mol. The van der Waals surface area contributed by atoms with Crippen molar-refractivity contribution in [1.29, 1.82) is 0 Å². The van der Waals surface area contributed by atoms with Crippen molar-refractivity contribution in [2.75, 3.05) is 26.7 Å². The number of hydrogen-bond donors (Lipinski definition) is 1. The Morgan fingerprint density at radius 1 is 1.71 bits per heavy atom. The molecule has 0 spiro atoms. The molecule has 14 heavy (non-hydrogen) atoms. The van der Waals surface area contributed by atoms with Gasteiger partial charge in [0.1, 0.15) is 13.1 Å². The van der Waals surface area contributed by atoms with Crippen LogP contribution >= 0.6 is 0 Å². The predicted molar refractivity (Wildman–Crippen MR) is 51.6 cm³/mol. The highest BCUT2D eigenvalue weighted by molar-refractivity contribution is 5.50. The van der Waals surface area contributed by atoms with E-state index in [1.807, 2.05) is 0 Å². The van der Waals surface area contributed by atoms with Gasteiger partial charge in [0.15, 0.2) is 0 Å². The minimum atomic E-state index is -2.08. The molecule has 0 bridgehead atoms. The molecule has 0 fully saturated rings. The van der Waals surface area contributed by atoms with E-state index in [4.69, 9.17) is 15.0 Å². The molecule has 0 saturated heterocycles. The first-order chi connectivity index (χ1) is 6.56. The van der Waals surface area contributed by atoms with Gasteiger partial charge in [0, 0.05) is 0 Å². The van der Waals surface area contributed by atoms with Crippen LogP contribution in [0.25, 0.3) is 0 Å². The summed E-state index contributed by atoms with van der Waals surface area (Å²) < 4.78 is 2.25. The molecule has 0 saturated carbocycles. The third-order valence-corrected chi connectivity index (χ3v) is 1.90. The lowest BCUT2D eigenvalue weighted by Crippen LogP contribution is -2.20. The second kappa shape index (κ2) is 7.17. The molecule has 5 nitrogen and oxygen atoms in total. The van der Waals surface area contributed by atoms with Crippen molar-refractivity contribution in [3.05, 3.63) is 0 Å². The average Bonchev–Trinajstić information content (AvgIpc) is 2.47. The van der Waals surface area contributed by atoms with Crippen LogP contribution in [-0.2, 0) is 0 Å². The minimum Gasteiger partial charge on any atom is -0.565 e. The minimum absolute atomic E-state index is 1.20. The van der Waals surface area contributed by atoms with Crippen LogP contribution in [-0.4, -0.2) is 53.8 Å². The van der Waals surface area contributed by atoms with Gasteiger partial charge in [0.25, 0.3) is 0 Å². The van der Waals surface area contributed by atoms with Crippen molar-refractivity contribution in [3.63, 3.8) is 0 Å². The third-order valence-electron chi connectivity index (χ3n) is 1.90. The Labute approximate surface area is 84.3 Å². The molecular formula is C9H18N2O3. The molecule has 1 heterocycles. The molecule has 1 aliphatic rings. The quantitative estimate of drug-likeness (QED) is 0.636. The zero-order valence-electron chi connectivity index (χ0n) is 8.77. The standard InChI is InChI=1S/C8H17N2.CH2O3/c1-3-4-5-10-7-6-9(2)8-10;2-1(3)4/h8H,3-7H2,1-2H3;(H2,2,3,4)/q+1;/p-1. The van der Waals surface area contributed by atoms with Gasteiger partial charge in [0.2, 0.25) is 12.5 Å². The molecule has 1 aliphatic heterocycles. The summed E-state index contributed by atoms with van der Waals surface area (Å²) in [5.41, 5.74) is 0. The fraction of sp³-hybridized carbons (Fsp3) is 0.778. The molecule has 0 amide bonds. The van der Waals surface area contributed by atoms with Gasteiger partial charge in [-0.2, -0.15) is 0 Å². The van der Waals surface area contributed by atoms with Gasteiger partial charge in [-0.25, -0.2) is 0 Å². The van der Waals surface area contributed by atoms with E-state index in [0.717, 1.165) is 0 Å². The van der Waals surface area contributed by atoms with Crippen LogP contribution in [0.1, 0.15) is 19.8 Å². The normalized spacial score (nSPS) is 14.4. The van der Waals surface area contributed by atoms with E-state index in [-0.39, 0.29) is 0 Å². The first-order valence-electron chi connectivity index (χ1n) is 4.75. The number of unbranched alkanes of at least 4 members (excludes halogenated alkanes) is 1. The second-order valence-corrected chi connectivity index (χ2v) is 3.25. The Morgan fingerprint density at radius 3 is 2.64 bits per heavy atom. The molecule has 0 unspecified atom stereocenters. The Hall–Kier alpha value is -1.26. The van der Waals surface area contributed by atoms with E-state index in [1.165, 1.54) is 32.5 Å². The summed E-state index contributed by atoms with van der Waals surface area (Å²) in [4.78, 5) is 10.8. The van der Waals surface area contributed by atoms with Crippen molar-refractivity contribution < 1.29 is 19.6 Å². The summed E-state index contributed by atoms with van der Waals surface area (Å²) in [6, 6.07) is 0. The lowest BCUT2D eigenvalue weighted by atomic mass is 10.3. The predicted octanol–water partition coefficient (Wildman–Crippen LogP) is -0.340. The van der Waals surface area contributed by atoms with Crippen LogP contribution in [0.2, 0.25) is 0 Å². The zero-order chi connectivity index (χ0) is 11.0. The molecule has 0 radical (unpaired) electrons. The lowest BCUT2D eigenvalue weighted by molar-refractivity contribution is -0.482. The van der Waals surface area contributed by atoms with Crippen LogP contribution in [0.3, 0.4) is 0 Å². The molecule has 5 heteroatoms. The highest BCUT2D eigenvalue weighted by Gasteiger charge is 2.14. The summed E-state index contributed by atoms with van der Waals surface area (Å²) >= 11 is 0. The molecule has 0 aromatic carbocycles. The van der Waals surface area contributed by atoms with Gasteiger partial charge in [-0.1, -0.05) is 13.3 Å². The van der Waals surface area contributed by atoms with Gasteiger partial charge in [-0.15, -0.1) is 0 Å². The number of nitrogens with zero attached hydrogens (tertiary/aromatic N) is 2. The van der Waals surface area contributed by atoms with Gasteiger partial charge in [-0.05, 0) is 6.42 Å². The molecule has 1 rings (SSSR count). The van der Waals surface area contributed by atoms with E-state index in [9.17, 15) is 0 Å². The highest BCUT2D eigenvalue weighted by atomic mass is 16.6. The van der Waals surface area contributed by atoms with Crippen LogP contribution in [0.15, 0.2) is 0 Å². The summed E-state index contributed by atoms with van der Waals surface area (Å²) in [6.07, 6.45) is 2.76. The fourth-order valence-corrected chi connectivity index (χ4v) is 1.21. The van der Waals surface area contributed by atoms with Gasteiger partial charge >= 0.3 is 0 Å². The second-order valence-electron chi connectivity index (χ2n) is 3.25. The Morgan fingerprint density at radius 2 is 2.29 bits per heavy atom. The van der Waals surface area contributed by atoms with Gasteiger partial charge in [0.05, 0.1) is 13.6 Å². The SMILES string of the molecule is CCCCN1C=[N+](C)CC1.O=C([O-])O. The van der Waals surface area contributed by atoms with Crippen LogP contribution in [0.5, 0.6) is 0 Å². The molecule has 0 aliphatic carbocycles. The average molecular weight is 202 g/mol. The number of carbonyl (C=O) groups is 1. The number of carboxylic acid groups (broad SMARTS) is 2. The van der Waals surface area contributed by atoms with E-state index in [1.54, 1.807) is 0 Å². The van der Waals surface area contributed by atoms with E-state index in [0.29, 0.717) is 0 Å². The van der Waals surface area contributed by atoms with E-state index < -0.39 is 6.16 Å². The maximum Gasteiger partial charge on any atom is 0.249 e. The summed E-state index contributed by atoms with van der Waals surface area (Å²) in [7, 11) is 2.13. The molecule has 0 atom stereocenters. The van der Waals surface area contributed by atoms with Crippen molar-refractivity contribution in [1.82, 2.24) is 4.90 Å². The smallest absolute Gasteiger partial charge is 0.249 e. The van der Waals surface area contributed by atoms with Crippen molar-refractivity contribution in [3.8, 4) is 0 Å². The Bertz CT molecular complexity index is 200. The fourth-order valence-electron chi connectivity index (χ4n) is 1.21. The van der Waals surface area contributed by atoms with Crippen LogP contribution in [0, 0.1) is 0 Å². The summed E-state index contributed by atoms with van der Waals surface area (Å²) in [5.74, 6) is 0. The van der Waals surface area contributed by atoms with Gasteiger partial charge in [-0.3, -0.25) is 9.48 Å². The Balaban J connectivity index is 0.000000364. The first kappa shape index (κ1) is 12.7. The van der Waals surface area contributed by atoms with Crippen molar-refractivity contribution >= 4 is 12.5 Å². The van der Waals surface area contributed by atoms with Crippen molar-refractivity contribution in [2.45, 2.75) is 19.8 Å². The molecule has 0 aromatic heterocycles. The Kier molecular flexibility index (Phi) is 6.53. The van der Waals surface area contributed by atoms with Gasteiger partial charge < -0.3 is 15.0 Å². The van der Waals surface area contributed by atoms with E-state index in [2.05, 4.69) is 29.8 Å². The molecule has 82 valence electrons. The topological polar surface area (TPSA) is 66.6 Å². The number of likely N-dealkylation sites (N-methyl/N-ethyl adjacent to an activating group) is 1. The lowest BCUT2D eigenvalue weighted by Gasteiger charge is -2.03.